The van der Waals surface area contributed by atoms with Crippen molar-refractivity contribution in [2.75, 3.05) is 18.6 Å². The number of rotatable bonds is 8. The molecule has 0 aliphatic carbocycles. The van der Waals surface area contributed by atoms with Crippen molar-refractivity contribution in [3.63, 3.8) is 0 Å². The molecule has 0 aliphatic heterocycles. The summed E-state index contributed by atoms with van der Waals surface area (Å²) in [5.74, 6) is 0.924. The fourth-order valence-electron chi connectivity index (χ4n) is 2.18. The van der Waals surface area contributed by atoms with Crippen LogP contribution in [-0.2, 0) is 16.3 Å². The van der Waals surface area contributed by atoms with Crippen molar-refractivity contribution >= 4 is 9.84 Å². The zero-order valence-electron chi connectivity index (χ0n) is 13.0. The summed E-state index contributed by atoms with van der Waals surface area (Å²) in [6.07, 6.45) is 3.05. The van der Waals surface area contributed by atoms with Crippen LogP contribution in [-0.4, -0.2) is 27.0 Å². The van der Waals surface area contributed by atoms with Gasteiger partial charge in [0.05, 0.1) is 5.75 Å². The zero-order chi connectivity index (χ0) is 15.2. The van der Waals surface area contributed by atoms with E-state index >= 15 is 0 Å². The molecular formula is C16H27NO2S. The van der Waals surface area contributed by atoms with Crippen LogP contribution in [0.15, 0.2) is 24.3 Å². The maximum absolute atomic E-state index is 11.0. The molecular weight excluding hydrogens is 270 g/mol. The predicted octanol–water partition coefficient (Wildman–Crippen LogP) is 2.97. The smallest absolute Gasteiger partial charge is 0.147 e. The van der Waals surface area contributed by atoms with Gasteiger partial charge in [0.15, 0.2) is 0 Å². The van der Waals surface area contributed by atoms with Crippen molar-refractivity contribution in [2.24, 2.45) is 5.92 Å². The van der Waals surface area contributed by atoms with Crippen LogP contribution in [0.1, 0.15) is 44.4 Å². The fraction of sp³-hybridized carbons (Fsp3) is 0.625. The molecule has 1 atom stereocenters. The summed E-state index contributed by atoms with van der Waals surface area (Å²) in [6.45, 7) is 7.28. The van der Waals surface area contributed by atoms with Crippen LogP contribution < -0.4 is 5.32 Å². The third-order valence-corrected chi connectivity index (χ3v) is 4.30. The van der Waals surface area contributed by atoms with Gasteiger partial charge < -0.3 is 5.32 Å². The van der Waals surface area contributed by atoms with Gasteiger partial charge in [0.1, 0.15) is 9.84 Å². The SMILES string of the molecule is CC(C)Cc1ccc(C(C)NCCCS(C)(=O)=O)cc1. The molecule has 1 rings (SSSR count). The second-order valence-electron chi connectivity index (χ2n) is 6.00. The third-order valence-electron chi connectivity index (χ3n) is 3.27. The molecule has 0 heterocycles. The highest BCUT2D eigenvalue weighted by molar-refractivity contribution is 7.90. The molecule has 0 aromatic heterocycles. The lowest BCUT2D eigenvalue weighted by atomic mass is 10.00. The van der Waals surface area contributed by atoms with Gasteiger partial charge in [-0.3, -0.25) is 0 Å². The molecule has 4 heteroatoms. The average molecular weight is 297 g/mol. The van der Waals surface area contributed by atoms with E-state index in [-0.39, 0.29) is 11.8 Å². The van der Waals surface area contributed by atoms with Crippen molar-refractivity contribution in [3.8, 4) is 0 Å². The zero-order valence-corrected chi connectivity index (χ0v) is 13.8. The Hall–Kier alpha value is -0.870. The van der Waals surface area contributed by atoms with E-state index in [1.807, 2.05) is 0 Å². The first kappa shape index (κ1) is 17.2. The van der Waals surface area contributed by atoms with Crippen molar-refractivity contribution in [3.05, 3.63) is 35.4 Å². The molecule has 0 amide bonds. The maximum Gasteiger partial charge on any atom is 0.147 e. The van der Waals surface area contributed by atoms with E-state index in [1.165, 1.54) is 17.4 Å². The van der Waals surface area contributed by atoms with Crippen LogP contribution in [0.2, 0.25) is 0 Å². The van der Waals surface area contributed by atoms with Crippen LogP contribution in [0.3, 0.4) is 0 Å². The van der Waals surface area contributed by atoms with Gasteiger partial charge in [-0.25, -0.2) is 8.42 Å². The van der Waals surface area contributed by atoms with Crippen molar-refractivity contribution in [2.45, 2.75) is 39.7 Å². The first-order chi connectivity index (χ1) is 9.28. The lowest BCUT2D eigenvalue weighted by Gasteiger charge is -2.15. The second kappa shape index (κ2) is 7.79. The van der Waals surface area contributed by atoms with Gasteiger partial charge in [-0.1, -0.05) is 38.1 Å². The Morgan fingerprint density at radius 2 is 1.70 bits per heavy atom. The Morgan fingerprint density at radius 1 is 1.10 bits per heavy atom. The molecule has 0 saturated heterocycles. The number of benzene rings is 1. The van der Waals surface area contributed by atoms with E-state index < -0.39 is 9.84 Å². The molecule has 1 aromatic rings. The molecule has 0 fully saturated rings. The van der Waals surface area contributed by atoms with E-state index in [4.69, 9.17) is 0 Å². The van der Waals surface area contributed by atoms with Crippen LogP contribution in [0.4, 0.5) is 0 Å². The maximum atomic E-state index is 11.0. The largest absolute Gasteiger partial charge is 0.310 e. The molecule has 0 spiro atoms. The Kier molecular flexibility index (Phi) is 6.69. The summed E-state index contributed by atoms with van der Waals surface area (Å²) >= 11 is 0. The van der Waals surface area contributed by atoms with Crippen LogP contribution in [0, 0.1) is 5.92 Å². The highest BCUT2D eigenvalue weighted by atomic mass is 32.2. The lowest BCUT2D eigenvalue weighted by Crippen LogP contribution is -2.21. The Labute approximate surface area is 123 Å². The third kappa shape index (κ3) is 7.06. The van der Waals surface area contributed by atoms with Gasteiger partial charge in [-0.05, 0) is 43.4 Å². The Balaban J connectivity index is 2.41. The van der Waals surface area contributed by atoms with Crippen LogP contribution in [0.5, 0.6) is 0 Å². The first-order valence-corrected chi connectivity index (χ1v) is 9.34. The summed E-state index contributed by atoms with van der Waals surface area (Å²) in [5.41, 5.74) is 2.62. The molecule has 20 heavy (non-hydrogen) atoms. The predicted molar refractivity (Wildman–Crippen MR) is 85.7 cm³/mol. The summed E-state index contributed by atoms with van der Waals surface area (Å²) < 4.78 is 22.1. The van der Waals surface area contributed by atoms with Gasteiger partial charge >= 0.3 is 0 Å². The van der Waals surface area contributed by atoms with Gasteiger partial charge in [0.2, 0.25) is 0 Å². The summed E-state index contributed by atoms with van der Waals surface area (Å²) in [5, 5.41) is 3.37. The van der Waals surface area contributed by atoms with E-state index in [2.05, 4.69) is 50.4 Å². The molecule has 0 saturated carbocycles. The molecule has 1 N–H and O–H groups in total. The van der Waals surface area contributed by atoms with Gasteiger partial charge in [0, 0.05) is 12.3 Å². The molecule has 1 unspecified atom stereocenters. The first-order valence-electron chi connectivity index (χ1n) is 7.28. The number of sulfone groups is 1. The Morgan fingerprint density at radius 3 is 2.20 bits per heavy atom. The minimum Gasteiger partial charge on any atom is -0.310 e. The fourth-order valence-corrected chi connectivity index (χ4v) is 2.85. The quantitative estimate of drug-likeness (QED) is 0.750. The Bertz CT molecular complexity index is 492. The van der Waals surface area contributed by atoms with E-state index in [0.29, 0.717) is 12.3 Å². The monoisotopic (exact) mass is 297 g/mol. The van der Waals surface area contributed by atoms with Gasteiger partial charge in [-0.15, -0.1) is 0 Å². The normalized spacial score (nSPS) is 13.7. The molecule has 1 aromatic carbocycles. The van der Waals surface area contributed by atoms with Crippen molar-refractivity contribution in [1.82, 2.24) is 5.32 Å². The summed E-state index contributed by atoms with van der Waals surface area (Å²) in [4.78, 5) is 0. The molecule has 0 radical (unpaired) electrons. The lowest BCUT2D eigenvalue weighted by molar-refractivity contribution is 0.561. The average Bonchev–Trinajstić information content (AvgIpc) is 2.33. The second-order valence-corrected chi connectivity index (χ2v) is 8.26. The number of hydrogen-bond donors (Lipinski definition) is 1. The van der Waals surface area contributed by atoms with E-state index in [0.717, 1.165) is 13.0 Å². The number of nitrogens with one attached hydrogen (secondary N) is 1. The van der Waals surface area contributed by atoms with E-state index in [1.54, 1.807) is 0 Å². The van der Waals surface area contributed by atoms with E-state index in [9.17, 15) is 8.42 Å². The van der Waals surface area contributed by atoms with Gasteiger partial charge in [-0.2, -0.15) is 0 Å². The molecule has 3 nitrogen and oxygen atoms in total. The minimum absolute atomic E-state index is 0.250. The summed E-state index contributed by atoms with van der Waals surface area (Å²) in [6, 6.07) is 8.94. The van der Waals surface area contributed by atoms with Crippen LogP contribution >= 0.6 is 0 Å². The van der Waals surface area contributed by atoms with Crippen LogP contribution in [0.25, 0.3) is 0 Å². The molecule has 0 aliphatic rings. The number of hydrogen-bond acceptors (Lipinski definition) is 3. The van der Waals surface area contributed by atoms with Gasteiger partial charge in [0.25, 0.3) is 0 Å². The highest BCUT2D eigenvalue weighted by Gasteiger charge is 2.06. The molecule has 0 bridgehead atoms. The topological polar surface area (TPSA) is 46.2 Å². The summed E-state index contributed by atoms with van der Waals surface area (Å²) in [7, 11) is -2.84. The van der Waals surface area contributed by atoms with Crippen molar-refractivity contribution < 1.29 is 8.42 Å². The standard InChI is InChI=1S/C16H27NO2S/c1-13(2)12-15-6-8-16(9-7-15)14(3)17-10-5-11-20(4,18)19/h6-9,13-14,17H,5,10-12H2,1-4H3. The minimum atomic E-state index is -2.84. The highest BCUT2D eigenvalue weighted by Crippen LogP contribution is 2.15. The van der Waals surface area contributed by atoms with Crippen molar-refractivity contribution in [1.29, 1.82) is 0 Å². The molecule has 114 valence electrons.